The van der Waals surface area contributed by atoms with Gasteiger partial charge in [0.1, 0.15) is 6.04 Å². The number of primary amides is 1. The van der Waals surface area contributed by atoms with Crippen molar-refractivity contribution >= 4 is 5.91 Å². The van der Waals surface area contributed by atoms with Gasteiger partial charge in [-0.1, -0.05) is 0 Å². The molecule has 0 saturated carbocycles. The van der Waals surface area contributed by atoms with Crippen LogP contribution in [0.1, 0.15) is 0 Å². The van der Waals surface area contributed by atoms with Crippen LogP contribution in [0.4, 0.5) is 0 Å². The zero-order valence-electron chi connectivity index (χ0n) is 6.42. The highest BCUT2D eigenvalue weighted by Crippen LogP contribution is 2.15. The van der Waals surface area contributed by atoms with Crippen molar-refractivity contribution in [1.82, 2.24) is 16.2 Å². The first kappa shape index (κ1) is 7.17. The Morgan fingerprint density at radius 2 is 2.50 bits per heavy atom. The minimum absolute atomic E-state index is 0.357. The number of hydrogen-bond acceptors (Lipinski definition) is 4. The molecule has 5 N–H and O–H groups in total. The number of nitrogens with one attached hydrogen (secondary N) is 3. The Balaban J connectivity index is 2.27. The molecule has 0 aliphatic carbocycles. The molecule has 2 aliphatic heterocycles. The molecule has 2 aliphatic rings. The minimum Gasteiger partial charge on any atom is -0.387 e. The highest BCUT2D eigenvalue weighted by atomic mass is 16.1. The molecular weight excluding hydrogens is 156 g/mol. The summed E-state index contributed by atoms with van der Waals surface area (Å²) in [7, 11) is 0. The summed E-state index contributed by atoms with van der Waals surface area (Å²) in [5, 5.41) is 3.01. The SMILES string of the molecule is NC(=O)C1NNC2=C1CNC=C2. The molecule has 0 aromatic heterocycles. The number of rotatable bonds is 1. The molecule has 1 amide bonds. The van der Waals surface area contributed by atoms with Crippen molar-refractivity contribution in [2.75, 3.05) is 6.54 Å². The van der Waals surface area contributed by atoms with E-state index in [1.165, 1.54) is 0 Å². The maximum Gasteiger partial charge on any atom is 0.240 e. The van der Waals surface area contributed by atoms with Gasteiger partial charge in [0.25, 0.3) is 0 Å². The van der Waals surface area contributed by atoms with Gasteiger partial charge in [0.2, 0.25) is 5.91 Å². The molecule has 0 aromatic rings. The third-order valence-electron chi connectivity index (χ3n) is 1.99. The molecule has 0 aromatic carbocycles. The Kier molecular flexibility index (Phi) is 1.51. The van der Waals surface area contributed by atoms with Gasteiger partial charge in [0, 0.05) is 12.1 Å². The smallest absolute Gasteiger partial charge is 0.240 e. The highest BCUT2D eigenvalue weighted by molar-refractivity contribution is 5.84. The molecule has 0 spiro atoms. The normalized spacial score (nSPS) is 26.2. The molecule has 0 bridgehead atoms. The van der Waals surface area contributed by atoms with Crippen molar-refractivity contribution in [2.45, 2.75) is 6.04 Å². The van der Waals surface area contributed by atoms with Crippen LogP contribution in [-0.4, -0.2) is 18.5 Å². The zero-order chi connectivity index (χ0) is 8.55. The van der Waals surface area contributed by atoms with Gasteiger partial charge in [-0.05, 0) is 12.3 Å². The van der Waals surface area contributed by atoms with E-state index in [1.807, 2.05) is 12.3 Å². The third kappa shape index (κ3) is 0.947. The predicted molar refractivity (Wildman–Crippen MR) is 43.4 cm³/mol. The standard InChI is InChI=1S/C7H10N4O/c8-7(12)6-4-3-9-2-1-5(4)10-11-6/h1-2,6,9-11H,3H2,(H2,8,12). The van der Waals surface area contributed by atoms with Crippen LogP contribution in [0.5, 0.6) is 0 Å². The van der Waals surface area contributed by atoms with Crippen molar-refractivity contribution in [1.29, 1.82) is 0 Å². The third-order valence-corrected chi connectivity index (χ3v) is 1.99. The summed E-state index contributed by atoms with van der Waals surface area (Å²) in [5.74, 6) is -0.357. The highest BCUT2D eigenvalue weighted by Gasteiger charge is 2.28. The number of hydrazine groups is 1. The van der Waals surface area contributed by atoms with Crippen LogP contribution in [-0.2, 0) is 4.79 Å². The molecule has 1 unspecified atom stereocenters. The summed E-state index contributed by atoms with van der Waals surface area (Å²) >= 11 is 0. The molecule has 2 rings (SSSR count). The van der Waals surface area contributed by atoms with Crippen LogP contribution in [0.3, 0.4) is 0 Å². The van der Waals surface area contributed by atoms with E-state index in [0.717, 1.165) is 11.3 Å². The van der Waals surface area contributed by atoms with E-state index in [0.29, 0.717) is 6.54 Å². The first-order chi connectivity index (χ1) is 5.79. The molecular formula is C7H10N4O. The average molecular weight is 166 g/mol. The Labute approximate surface area is 69.7 Å². The van der Waals surface area contributed by atoms with Gasteiger partial charge >= 0.3 is 0 Å². The fourth-order valence-electron chi connectivity index (χ4n) is 1.37. The molecule has 5 heteroatoms. The predicted octanol–water partition coefficient (Wildman–Crippen LogP) is -1.68. The minimum atomic E-state index is -0.377. The van der Waals surface area contributed by atoms with E-state index in [9.17, 15) is 4.79 Å². The molecule has 5 nitrogen and oxygen atoms in total. The first-order valence-corrected chi connectivity index (χ1v) is 3.73. The van der Waals surface area contributed by atoms with Crippen LogP contribution in [0, 0.1) is 0 Å². The summed E-state index contributed by atoms with van der Waals surface area (Å²) < 4.78 is 0. The maximum atomic E-state index is 10.9. The lowest BCUT2D eigenvalue weighted by atomic mass is 10.1. The van der Waals surface area contributed by atoms with E-state index in [4.69, 9.17) is 5.73 Å². The summed E-state index contributed by atoms with van der Waals surface area (Å²) in [5.41, 5.74) is 12.8. The van der Waals surface area contributed by atoms with Crippen molar-refractivity contribution in [2.24, 2.45) is 5.73 Å². The molecule has 0 radical (unpaired) electrons. The van der Waals surface area contributed by atoms with Crippen LogP contribution >= 0.6 is 0 Å². The van der Waals surface area contributed by atoms with Gasteiger partial charge in [-0.3, -0.25) is 4.79 Å². The van der Waals surface area contributed by atoms with Gasteiger partial charge in [0.05, 0.1) is 5.70 Å². The lowest BCUT2D eigenvalue weighted by molar-refractivity contribution is -0.119. The Morgan fingerprint density at radius 1 is 1.67 bits per heavy atom. The van der Waals surface area contributed by atoms with Crippen LogP contribution < -0.4 is 21.9 Å². The van der Waals surface area contributed by atoms with Gasteiger partial charge in [-0.15, -0.1) is 0 Å². The average Bonchev–Trinajstić information content (AvgIpc) is 2.47. The summed E-state index contributed by atoms with van der Waals surface area (Å²) in [6, 6.07) is -0.377. The quantitative estimate of drug-likeness (QED) is 0.375. The van der Waals surface area contributed by atoms with Crippen molar-refractivity contribution in [3.05, 3.63) is 23.5 Å². The number of allylic oxidation sites excluding steroid dienone is 1. The second-order valence-electron chi connectivity index (χ2n) is 2.76. The number of dihydropyridines is 1. The number of nitrogens with two attached hydrogens (primary N) is 1. The van der Waals surface area contributed by atoms with Crippen molar-refractivity contribution in [3.8, 4) is 0 Å². The molecule has 0 saturated heterocycles. The van der Waals surface area contributed by atoms with E-state index in [-0.39, 0.29) is 11.9 Å². The molecule has 2 heterocycles. The second-order valence-corrected chi connectivity index (χ2v) is 2.76. The molecule has 0 fully saturated rings. The van der Waals surface area contributed by atoms with E-state index < -0.39 is 0 Å². The Morgan fingerprint density at radius 3 is 3.25 bits per heavy atom. The van der Waals surface area contributed by atoms with Gasteiger partial charge in [0.15, 0.2) is 0 Å². The van der Waals surface area contributed by atoms with Gasteiger partial charge in [-0.2, -0.15) is 0 Å². The number of amides is 1. The van der Waals surface area contributed by atoms with Crippen LogP contribution in [0.15, 0.2) is 23.5 Å². The Hall–Kier alpha value is -1.49. The van der Waals surface area contributed by atoms with Crippen molar-refractivity contribution in [3.63, 3.8) is 0 Å². The van der Waals surface area contributed by atoms with E-state index in [2.05, 4.69) is 16.2 Å². The van der Waals surface area contributed by atoms with E-state index >= 15 is 0 Å². The zero-order valence-corrected chi connectivity index (χ0v) is 6.42. The van der Waals surface area contributed by atoms with E-state index in [1.54, 1.807) is 0 Å². The lowest BCUT2D eigenvalue weighted by Crippen LogP contribution is -2.43. The molecule has 64 valence electrons. The topological polar surface area (TPSA) is 79.2 Å². The Bertz CT molecular complexity index is 281. The first-order valence-electron chi connectivity index (χ1n) is 3.73. The fraction of sp³-hybridized carbons (Fsp3) is 0.286. The summed E-state index contributed by atoms with van der Waals surface area (Å²) in [6.07, 6.45) is 3.70. The van der Waals surface area contributed by atoms with Gasteiger partial charge in [-0.25, -0.2) is 5.43 Å². The summed E-state index contributed by atoms with van der Waals surface area (Å²) in [4.78, 5) is 10.9. The number of carbonyl (C=O) groups is 1. The van der Waals surface area contributed by atoms with Crippen LogP contribution in [0.2, 0.25) is 0 Å². The lowest BCUT2D eigenvalue weighted by Gasteiger charge is -2.12. The fourth-order valence-corrected chi connectivity index (χ4v) is 1.37. The van der Waals surface area contributed by atoms with Gasteiger partial charge < -0.3 is 16.5 Å². The van der Waals surface area contributed by atoms with Crippen molar-refractivity contribution < 1.29 is 4.79 Å². The largest absolute Gasteiger partial charge is 0.387 e. The monoisotopic (exact) mass is 166 g/mol. The molecule has 1 atom stereocenters. The second kappa shape index (κ2) is 2.53. The maximum absolute atomic E-state index is 10.9. The molecule has 12 heavy (non-hydrogen) atoms. The van der Waals surface area contributed by atoms with Crippen LogP contribution in [0.25, 0.3) is 0 Å². The summed E-state index contributed by atoms with van der Waals surface area (Å²) in [6.45, 7) is 0.666. The number of hydrogen-bond donors (Lipinski definition) is 4. The number of carbonyl (C=O) groups excluding carboxylic acids is 1.